The van der Waals surface area contributed by atoms with Crippen LogP contribution in [0.4, 0.5) is 4.79 Å². The van der Waals surface area contributed by atoms with Crippen LogP contribution in [0.2, 0.25) is 0 Å². The highest BCUT2D eigenvalue weighted by atomic mass is 16.6. The summed E-state index contributed by atoms with van der Waals surface area (Å²) in [5.74, 6) is 0.844. The van der Waals surface area contributed by atoms with E-state index in [2.05, 4.69) is 27.8 Å². The average Bonchev–Trinajstić information content (AvgIpc) is 3.35. The number of aliphatic imine (C=N–C) groups is 1. The summed E-state index contributed by atoms with van der Waals surface area (Å²) < 4.78 is 5.37. The van der Waals surface area contributed by atoms with E-state index in [-0.39, 0.29) is 6.09 Å². The molecule has 1 aliphatic carbocycles. The Morgan fingerprint density at radius 3 is 2.36 bits per heavy atom. The topological polar surface area (TPSA) is 66.0 Å². The smallest absolute Gasteiger partial charge is 0.410 e. The highest BCUT2D eigenvalue weighted by Gasteiger charge is 2.22. The summed E-state index contributed by atoms with van der Waals surface area (Å²) in [5.41, 5.74) is 1.76. The Hall–Kier alpha value is -2.24. The molecular weight excluding hydrogens is 316 g/mol. The number of ether oxygens (including phenoxy) is 1. The predicted molar refractivity (Wildman–Crippen MR) is 100 cm³/mol. The number of hydrogen-bond acceptors (Lipinski definition) is 3. The van der Waals surface area contributed by atoms with Gasteiger partial charge in [0.1, 0.15) is 5.60 Å². The molecule has 0 bridgehead atoms. The van der Waals surface area contributed by atoms with Gasteiger partial charge in [-0.3, -0.25) is 4.99 Å². The van der Waals surface area contributed by atoms with E-state index in [4.69, 9.17) is 4.74 Å². The molecular formula is C19H30N4O2. The third kappa shape index (κ3) is 7.03. The summed E-state index contributed by atoms with van der Waals surface area (Å²) in [4.78, 5) is 17.8. The highest BCUT2D eigenvalue weighted by Crippen LogP contribution is 2.18. The van der Waals surface area contributed by atoms with Gasteiger partial charge in [-0.1, -0.05) is 24.3 Å². The maximum atomic E-state index is 12.0. The Balaban J connectivity index is 1.81. The quantitative estimate of drug-likeness (QED) is 0.635. The van der Waals surface area contributed by atoms with Crippen molar-refractivity contribution in [3.8, 4) is 0 Å². The van der Waals surface area contributed by atoms with Crippen LogP contribution in [-0.2, 0) is 17.8 Å². The van der Waals surface area contributed by atoms with Crippen molar-refractivity contribution < 1.29 is 9.53 Å². The lowest BCUT2D eigenvalue weighted by molar-refractivity contribution is 0.0285. The Labute approximate surface area is 150 Å². The first-order valence-electron chi connectivity index (χ1n) is 8.76. The van der Waals surface area contributed by atoms with Gasteiger partial charge in [0.05, 0.1) is 0 Å². The van der Waals surface area contributed by atoms with E-state index in [1.165, 1.54) is 18.4 Å². The second-order valence-corrected chi connectivity index (χ2v) is 7.50. The fourth-order valence-corrected chi connectivity index (χ4v) is 2.24. The number of nitrogens with zero attached hydrogens (tertiary/aromatic N) is 2. The Morgan fingerprint density at radius 1 is 1.24 bits per heavy atom. The van der Waals surface area contributed by atoms with Crippen LogP contribution in [0.25, 0.3) is 0 Å². The van der Waals surface area contributed by atoms with Crippen molar-refractivity contribution in [2.75, 3.05) is 14.1 Å². The molecule has 138 valence electrons. The predicted octanol–water partition coefficient (Wildman–Crippen LogP) is 2.88. The summed E-state index contributed by atoms with van der Waals surface area (Å²) >= 11 is 0. The summed E-state index contributed by atoms with van der Waals surface area (Å²) in [6.45, 7) is 6.84. The lowest BCUT2D eigenvalue weighted by Gasteiger charge is -2.24. The molecule has 0 atom stereocenters. The Morgan fingerprint density at radius 2 is 1.84 bits per heavy atom. The molecule has 0 saturated heterocycles. The van der Waals surface area contributed by atoms with E-state index in [0.717, 1.165) is 11.5 Å². The van der Waals surface area contributed by atoms with Gasteiger partial charge in [0.2, 0.25) is 0 Å². The van der Waals surface area contributed by atoms with Gasteiger partial charge >= 0.3 is 6.09 Å². The second-order valence-electron chi connectivity index (χ2n) is 7.50. The minimum atomic E-state index is -0.478. The van der Waals surface area contributed by atoms with Crippen molar-refractivity contribution in [1.29, 1.82) is 0 Å². The van der Waals surface area contributed by atoms with Crippen molar-refractivity contribution in [1.82, 2.24) is 15.5 Å². The first kappa shape index (κ1) is 19.1. The van der Waals surface area contributed by atoms with Crippen molar-refractivity contribution in [2.24, 2.45) is 4.99 Å². The van der Waals surface area contributed by atoms with Crippen LogP contribution >= 0.6 is 0 Å². The lowest BCUT2D eigenvalue weighted by atomic mass is 10.1. The van der Waals surface area contributed by atoms with E-state index in [9.17, 15) is 4.79 Å². The fraction of sp³-hybridized carbons (Fsp3) is 0.579. The Kier molecular flexibility index (Phi) is 6.28. The number of nitrogens with one attached hydrogen (secondary N) is 2. The summed E-state index contributed by atoms with van der Waals surface area (Å²) in [6, 6.07) is 8.78. The van der Waals surface area contributed by atoms with E-state index >= 15 is 0 Å². The third-order valence-corrected chi connectivity index (χ3v) is 3.75. The maximum Gasteiger partial charge on any atom is 0.410 e. The number of amides is 1. The average molecular weight is 346 g/mol. The molecule has 0 aromatic heterocycles. The molecule has 1 fully saturated rings. The monoisotopic (exact) mass is 346 g/mol. The largest absolute Gasteiger partial charge is 0.444 e. The zero-order chi connectivity index (χ0) is 18.4. The van der Waals surface area contributed by atoms with Gasteiger partial charge in [-0.05, 0) is 44.7 Å². The molecule has 1 amide bonds. The molecule has 6 heteroatoms. The molecule has 1 aromatic rings. The van der Waals surface area contributed by atoms with Gasteiger partial charge in [0.15, 0.2) is 5.96 Å². The van der Waals surface area contributed by atoms with Crippen LogP contribution in [0.5, 0.6) is 0 Å². The molecule has 1 saturated carbocycles. The van der Waals surface area contributed by atoms with E-state index in [0.29, 0.717) is 19.1 Å². The normalized spacial score (nSPS) is 14.8. The summed E-state index contributed by atoms with van der Waals surface area (Å²) in [7, 11) is 3.53. The number of hydrogen-bond donors (Lipinski definition) is 2. The first-order chi connectivity index (χ1) is 11.8. The van der Waals surface area contributed by atoms with Gasteiger partial charge in [-0.15, -0.1) is 0 Å². The number of carbonyl (C=O) groups excluding carboxylic acids is 1. The third-order valence-electron chi connectivity index (χ3n) is 3.75. The second kappa shape index (κ2) is 8.23. The molecule has 2 rings (SSSR count). The lowest BCUT2D eigenvalue weighted by Crippen LogP contribution is -2.38. The molecule has 1 aliphatic rings. The van der Waals surface area contributed by atoms with Crippen molar-refractivity contribution in [2.45, 2.75) is 58.3 Å². The van der Waals surface area contributed by atoms with Gasteiger partial charge in [-0.25, -0.2) is 4.79 Å². The molecule has 0 heterocycles. The van der Waals surface area contributed by atoms with E-state index in [1.54, 1.807) is 19.0 Å². The van der Waals surface area contributed by atoms with Crippen LogP contribution in [0, 0.1) is 0 Å². The number of rotatable bonds is 5. The van der Waals surface area contributed by atoms with Gasteiger partial charge < -0.3 is 20.3 Å². The number of guanidine groups is 1. The standard InChI is InChI=1S/C19H30N4O2/c1-19(2,3)25-18(24)23(5)13-15-8-6-14(7-9-15)12-21-17(20-4)22-16-10-11-16/h6-9,16H,10-13H2,1-5H3,(H2,20,21,22). The van der Waals surface area contributed by atoms with E-state index < -0.39 is 5.60 Å². The molecule has 25 heavy (non-hydrogen) atoms. The minimum Gasteiger partial charge on any atom is -0.444 e. The van der Waals surface area contributed by atoms with Crippen LogP contribution in [-0.4, -0.2) is 42.7 Å². The molecule has 2 N–H and O–H groups in total. The van der Waals surface area contributed by atoms with Crippen LogP contribution in [0.1, 0.15) is 44.7 Å². The number of carbonyl (C=O) groups is 1. The molecule has 0 radical (unpaired) electrons. The van der Waals surface area contributed by atoms with Crippen molar-refractivity contribution in [3.63, 3.8) is 0 Å². The van der Waals surface area contributed by atoms with Crippen LogP contribution < -0.4 is 10.6 Å². The van der Waals surface area contributed by atoms with E-state index in [1.807, 2.05) is 32.9 Å². The molecule has 0 aliphatic heterocycles. The fourth-order valence-electron chi connectivity index (χ4n) is 2.24. The van der Waals surface area contributed by atoms with Crippen LogP contribution in [0.3, 0.4) is 0 Å². The summed E-state index contributed by atoms with van der Waals surface area (Å²) in [6.07, 6.45) is 2.13. The zero-order valence-corrected chi connectivity index (χ0v) is 15.9. The van der Waals surface area contributed by atoms with Gasteiger partial charge in [-0.2, -0.15) is 0 Å². The van der Waals surface area contributed by atoms with Gasteiger partial charge in [0.25, 0.3) is 0 Å². The van der Waals surface area contributed by atoms with Crippen molar-refractivity contribution in [3.05, 3.63) is 35.4 Å². The SMILES string of the molecule is CN=C(NCc1ccc(CN(C)C(=O)OC(C)(C)C)cc1)NC1CC1. The van der Waals surface area contributed by atoms with Crippen molar-refractivity contribution >= 4 is 12.1 Å². The van der Waals surface area contributed by atoms with Crippen LogP contribution in [0.15, 0.2) is 29.3 Å². The molecule has 1 aromatic carbocycles. The maximum absolute atomic E-state index is 12.0. The minimum absolute atomic E-state index is 0.312. The van der Waals surface area contributed by atoms with Gasteiger partial charge in [0, 0.05) is 33.2 Å². The molecule has 6 nitrogen and oxygen atoms in total. The summed E-state index contributed by atoms with van der Waals surface area (Å²) in [5, 5.41) is 6.68. The number of benzene rings is 1. The first-order valence-corrected chi connectivity index (χ1v) is 8.76. The molecule has 0 unspecified atom stereocenters. The Bertz CT molecular complexity index is 601. The highest BCUT2D eigenvalue weighted by molar-refractivity contribution is 5.80. The molecule has 0 spiro atoms. The zero-order valence-electron chi connectivity index (χ0n) is 15.9.